The van der Waals surface area contributed by atoms with Gasteiger partial charge in [-0.05, 0) is 13.8 Å². The van der Waals surface area contributed by atoms with E-state index in [1.54, 1.807) is 7.11 Å². The Morgan fingerprint density at radius 1 is 1.69 bits per heavy atom. The molecule has 0 spiro atoms. The van der Waals surface area contributed by atoms with E-state index in [2.05, 4.69) is 12.0 Å². The first-order chi connectivity index (χ1) is 6.19. The highest BCUT2D eigenvalue weighted by molar-refractivity contribution is 6.17. The predicted molar refractivity (Wildman–Crippen MR) is 53.1 cm³/mol. The molecule has 0 aromatic carbocycles. The van der Waals surface area contributed by atoms with Gasteiger partial charge in [0, 0.05) is 18.9 Å². The van der Waals surface area contributed by atoms with Crippen molar-refractivity contribution in [3.63, 3.8) is 0 Å². The van der Waals surface area contributed by atoms with Gasteiger partial charge in [-0.2, -0.15) is 5.10 Å². The quantitative estimate of drug-likeness (QED) is 0.700. The summed E-state index contributed by atoms with van der Waals surface area (Å²) in [5, 5.41) is 4.35. The van der Waals surface area contributed by atoms with Gasteiger partial charge in [-0.15, -0.1) is 11.6 Å². The predicted octanol–water partition coefficient (Wildman–Crippen LogP) is 2.14. The molecule has 13 heavy (non-hydrogen) atoms. The van der Waals surface area contributed by atoms with Crippen LogP contribution in [0.2, 0.25) is 0 Å². The first-order valence-electron chi connectivity index (χ1n) is 4.28. The Bertz CT molecular complexity index is 273. The maximum absolute atomic E-state index is 5.74. The number of aromatic nitrogens is 2. The van der Waals surface area contributed by atoms with Crippen molar-refractivity contribution in [1.82, 2.24) is 9.78 Å². The third-order valence-corrected chi connectivity index (χ3v) is 2.31. The molecule has 74 valence electrons. The average Bonchev–Trinajstić information content (AvgIpc) is 2.47. The minimum absolute atomic E-state index is 0.265. The van der Waals surface area contributed by atoms with Crippen molar-refractivity contribution in [2.45, 2.75) is 25.8 Å². The van der Waals surface area contributed by atoms with Gasteiger partial charge in [0.1, 0.15) is 0 Å². The van der Waals surface area contributed by atoms with Crippen molar-refractivity contribution in [2.75, 3.05) is 13.7 Å². The average molecular weight is 203 g/mol. The standard InChI is InChI=1S/C9H15ClN2O/c1-7(6-13-3)12-5-9(4-10)8(2)11-12/h5,7H,4,6H2,1-3H3. The second-order valence-corrected chi connectivity index (χ2v) is 3.43. The van der Waals surface area contributed by atoms with E-state index >= 15 is 0 Å². The first-order valence-corrected chi connectivity index (χ1v) is 4.82. The van der Waals surface area contributed by atoms with Crippen LogP contribution in [0.15, 0.2) is 6.20 Å². The Morgan fingerprint density at radius 2 is 2.38 bits per heavy atom. The molecule has 4 heteroatoms. The van der Waals surface area contributed by atoms with Crippen molar-refractivity contribution in [1.29, 1.82) is 0 Å². The molecule has 1 aromatic heterocycles. The third-order valence-electron chi connectivity index (χ3n) is 2.02. The molecule has 1 atom stereocenters. The largest absolute Gasteiger partial charge is 0.382 e. The summed E-state index contributed by atoms with van der Waals surface area (Å²) in [5.74, 6) is 0.519. The highest BCUT2D eigenvalue weighted by Crippen LogP contribution is 2.12. The van der Waals surface area contributed by atoms with Crippen LogP contribution < -0.4 is 0 Å². The minimum Gasteiger partial charge on any atom is -0.382 e. The smallest absolute Gasteiger partial charge is 0.0724 e. The maximum atomic E-state index is 5.74. The van der Waals surface area contributed by atoms with Gasteiger partial charge in [-0.1, -0.05) is 0 Å². The van der Waals surface area contributed by atoms with E-state index in [1.807, 2.05) is 17.8 Å². The number of hydrogen-bond acceptors (Lipinski definition) is 2. The number of halogens is 1. The van der Waals surface area contributed by atoms with E-state index in [0.29, 0.717) is 12.5 Å². The van der Waals surface area contributed by atoms with Gasteiger partial charge in [0.15, 0.2) is 0 Å². The van der Waals surface area contributed by atoms with Crippen molar-refractivity contribution in [3.05, 3.63) is 17.5 Å². The summed E-state index contributed by atoms with van der Waals surface area (Å²) in [6.07, 6.45) is 1.98. The van der Waals surface area contributed by atoms with E-state index in [-0.39, 0.29) is 6.04 Å². The van der Waals surface area contributed by atoms with Gasteiger partial charge < -0.3 is 4.74 Å². The van der Waals surface area contributed by atoms with Crippen LogP contribution in [0.5, 0.6) is 0 Å². The summed E-state index contributed by atoms with van der Waals surface area (Å²) < 4.78 is 6.95. The van der Waals surface area contributed by atoms with Crippen LogP contribution in [-0.2, 0) is 10.6 Å². The topological polar surface area (TPSA) is 27.1 Å². The number of alkyl halides is 1. The lowest BCUT2D eigenvalue weighted by atomic mass is 10.3. The van der Waals surface area contributed by atoms with Gasteiger partial charge in [0.05, 0.1) is 24.2 Å². The highest BCUT2D eigenvalue weighted by atomic mass is 35.5. The normalized spacial score (nSPS) is 13.2. The van der Waals surface area contributed by atoms with Gasteiger partial charge in [0.2, 0.25) is 0 Å². The van der Waals surface area contributed by atoms with E-state index in [9.17, 15) is 0 Å². The van der Waals surface area contributed by atoms with Crippen LogP contribution in [0, 0.1) is 6.92 Å². The number of rotatable bonds is 4. The minimum atomic E-state index is 0.265. The zero-order chi connectivity index (χ0) is 9.84. The lowest BCUT2D eigenvalue weighted by Crippen LogP contribution is -2.11. The molecule has 1 rings (SSSR count). The summed E-state index contributed by atoms with van der Waals surface area (Å²) in [6, 6.07) is 0.265. The Hall–Kier alpha value is -0.540. The highest BCUT2D eigenvalue weighted by Gasteiger charge is 2.08. The molecule has 0 aliphatic rings. The Balaban J connectivity index is 2.77. The lowest BCUT2D eigenvalue weighted by Gasteiger charge is -2.09. The fraction of sp³-hybridized carbons (Fsp3) is 0.667. The fourth-order valence-corrected chi connectivity index (χ4v) is 1.46. The van der Waals surface area contributed by atoms with E-state index in [1.165, 1.54) is 0 Å². The third kappa shape index (κ3) is 2.45. The number of aryl methyl sites for hydroxylation is 1. The molecule has 3 nitrogen and oxygen atoms in total. The molecule has 0 N–H and O–H groups in total. The molecule has 0 bridgehead atoms. The van der Waals surface area contributed by atoms with Crippen LogP contribution in [0.4, 0.5) is 0 Å². The van der Waals surface area contributed by atoms with Crippen LogP contribution >= 0.6 is 11.6 Å². The van der Waals surface area contributed by atoms with Crippen molar-refractivity contribution >= 4 is 11.6 Å². The molecule has 0 aliphatic heterocycles. The summed E-state index contributed by atoms with van der Waals surface area (Å²) >= 11 is 5.74. The number of methoxy groups -OCH3 is 1. The van der Waals surface area contributed by atoms with Gasteiger partial charge in [-0.25, -0.2) is 0 Å². The summed E-state index contributed by atoms with van der Waals surface area (Å²) in [7, 11) is 1.69. The monoisotopic (exact) mass is 202 g/mol. The van der Waals surface area contributed by atoms with Crippen LogP contribution in [0.25, 0.3) is 0 Å². The molecule has 1 unspecified atom stereocenters. The van der Waals surface area contributed by atoms with Crippen LogP contribution in [0.3, 0.4) is 0 Å². The second kappa shape index (κ2) is 4.63. The zero-order valence-corrected chi connectivity index (χ0v) is 9.01. The molecule has 0 radical (unpaired) electrons. The van der Waals surface area contributed by atoms with Gasteiger partial charge in [-0.3, -0.25) is 4.68 Å². The maximum Gasteiger partial charge on any atom is 0.0724 e. The number of hydrogen-bond donors (Lipinski definition) is 0. The van der Waals surface area contributed by atoms with E-state index < -0.39 is 0 Å². The molecule has 0 saturated carbocycles. The van der Waals surface area contributed by atoms with E-state index in [4.69, 9.17) is 16.3 Å². The van der Waals surface area contributed by atoms with Gasteiger partial charge in [0.25, 0.3) is 0 Å². The zero-order valence-electron chi connectivity index (χ0n) is 8.25. The summed E-state index contributed by atoms with van der Waals surface area (Å²) in [4.78, 5) is 0. The second-order valence-electron chi connectivity index (χ2n) is 3.16. The molecule has 0 aliphatic carbocycles. The number of ether oxygens (including phenoxy) is 1. The van der Waals surface area contributed by atoms with Crippen molar-refractivity contribution in [3.8, 4) is 0 Å². The Labute approximate surface area is 83.6 Å². The summed E-state index contributed by atoms with van der Waals surface area (Å²) in [6.45, 7) is 4.70. The van der Waals surface area contributed by atoms with Crippen molar-refractivity contribution in [2.24, 2.45) is 0 Å². The molecule has 0 saturated heterocycles. The lowest BCUT2D eigenvalue weighted by molar-refractivity contribution is 0.157. The first kappa shape index (κ1) is 10.5. The summed E-state index contributed by atoms with van der Waals surface area (Å²) in [5.41, 5.74) is 2.09. The Kier molecular flexibility index (Phi) is 3.75. The molecule has 0 amide bonds. The number of nitrogens with zero attached hydrogens (tertiary/aromatic N) is 2. The van der Waals surface area contributed by atoms with Crippen LogP contribution in [0.1, 0.15) is 24.2 Å². The van der Waals surface area contributed by atoms with E-state index in [0.717, 1.165) is 11.3 Å². The Morgan fingerprint density at radius 3 is 2.85 bits per heavy atom. The van der Waals surface area contributed by atoms with Crippen LogP contribution in [-0.4, -0.2) is 23.5 Å². The van der Waals surface area contributed by atoms with Crippen molar-refractivity contribution < 1.29 is 4.74 Å². The molecule has 0 fully saturated rings. The molecule has 1 heterocycles. The fourth-order valence-electron chi connectivity index (χ4n) is 1.19. The molecular weight excluding hydrogens is 188 g/mol. The molecule has 1 aromatic rings. The molecular formula is C9H15ClN2O. The van der Waals surface area contributed by atoms with Gasteiger partial charge >= 0.3 is 0 Å². The SMILES string of the molecule is COCC(C)n1cc(CCl)c(C)n1.